The second-order valence-corrected chi connectivity index (χ2v) is 6.15. The van der Waals surface area contributed by atoms with Crippen LogP contribution in [0.4, 0.5) is 10.1 Å². The Labute approximate surface area is 129 Å². The fourth-order valence-electron chi connectivity index (χ4n) is 2.64. The lowest BCUT2D eigenvalue weighted by Crippen LogP contribution is -2.49. The van der Waals surface area contributed by atoms with Gasteiger partial charge in [0.1, 0.15) is 0 Å². The van der Waals surface area contributed by atoms with Crippen molar-refractivity contribution in [3.05, 3.63) is 28.0 Å². The summed E-state index contributed by atoms with van der Waals surface area (Å²) in [5, 5.41) is 0. The van der Waals surface area contributed by atoms with Gasteiger partial charge in [0.2, 0.25) is 0 Å². The fraction of sp³-hybridized carbons (Fsp3) is 0.600. The molecule has 3 nitrogen and oxygen atoms in total. The van der Waals surface area contributed by atoms with Gasteiger partial charge in [0.05, 0.1) is 10.2 Å². The van der Waals surface area contributed by atoms with Crippen molar-refractivity contribution in [2.45, 2.75) is 32.9 Å². The Kier molecular flexibility index (Phi) is 5.41. The quantitative estimate of drug-likeness (QED) is 0.912. The predicted octanol–water partition coefficient (Wildman–Crippen LogP) is 2.97. The third kappa shape index (κ3) is 3.15. The van der Waals surface area contributed by atoms with E-state index < -0.39 is 0 Å². The van der Waals surface area contributed by atoms with Crippen LogP contribution in [0.3, 0.4) is 0 Å². The minimum absolute atomic E-state index is 0.190. The van der Waals surface area contributed by atoms with Crippen molar-refractivity contribution in [1.82, 2.24) is 4.90 Å². The summed E-state index contributed by atoms with van der Waals surface area (Å²) in [6.07, 6.45) is 1.16. The summed E-state index contributed by atoms with van der Waals surface area (Å²) >= 11 is 3.31. The maximum Gasteiger partial charge on any atom is 0.160 e. The number of anilines is 1. The summed E-state index contributed by atoms with van der Waals surface area (Å²) in [5.41, 5.74) is 7.09. The van der Waals surface area contributed by atoms with E-state index in [2.05, 4.69) is 39.6 Å². The van der Waals surface area contributed by atoms with Crippen molar-refractivity contribution in [3.63, 3.8) is 0 Å². The van der Waals surface area contributed by atoms with Crippen LogP contribution >= 0.6 is 15.9 Å². The lowest BCUT2D eigenvalue weighted by Gasteiger charge is -2.39. The van der Waals surface area contributed by atoms with Crippen LogP contribution in [-0.2, 0) is 6.54 Å². The van der Waals surface area contributed by atoms with Crippen molar-refractivity contribution in [2.75, 3.05) is 31.1 Å². The molecular weight excluding hydrogens is 321 g/mol. The van der Waals surface area contributed by atoms with E-state index in [4.69, 9.17) is 5.73 Å². The van der Waals surface area contributed by atoms with Gasteiger partial charge in [0.15, 0.2) is 5.82 Å². The summed E-state index contributed by atoms with van der Waals surface area (Å²) in [7, 11) is 0. The zero-order valence-corrected chi connectivity index (χ0v) is 13.8. The van der Waals surface area contributed by atoms with Gasteiger partial charge < -0.3 is 10.6 Å². The van der Waals surface area contributed by atoms with Gasteiger partial charge in [-0.1, -0.05) is 13.0 Å². The van der Waals surface area contributed by atoms with Gasteiger partial charge in [0.25, 0.3) is 0 Å². The SMILES string of the molecule is CCC(C)N1CCN(c2ccc(CN)c(Br)c2F)CC1. The first kappa shape index (κ1) is 15.7. The van der Waals surface area contributed by atoms with Crippen LogP contribution in [0.15, 0.2) is 16.6 Å². The van der Waals surface area contributed by atoms with E-state index in [1.54, 1.807) is 0 Å². The molecule has 20 heavy (non-hydrogen) atoms. The van der Waals surface area contributed by atoms with Crippen LogP contribution in [0.25, 0.3) is 0 Å². The van der Waals surface area contributed by atoms with Crippen LogP contribution in [0.1, 0.15) is 25.8 Å². The van der Waals surface area contributed by atoms with E-state index >= 15 is 0 Å². The number of nitrogens with zero attached hydrogens (tertiary/aromatic N) is 2. The van der Waals surface area contributed by atoms with E-state index in [0.29, 0.717) is 22.7 Å². The fourth-order valence-corrected chi connectivity index (χ4v) is 3.14. The molecule has 5 heteroatoms. The molecule has 0 saturated carbocycles. The van der Waals surface area contributed by atoms with E-state index in [9.17, 15) is 4.39 Å². The predicted molar refractivity (Wildman–Crippen MR) is 85.5 cm³/mol. The molecule has 1 heterocycles. The Morgan fingerprint density at radius 3 is 2.50 bits per heavy atom. The van der Waals surface area contributed by atoms with Gasteiger partial charge in [0, 0.05) is 38.8 Å². The molecule has 0 aromatic heterocycles. The average molecular weight is 344 g/mol. The molecule has 0 radical (unpaired) electrons. The standard InChI is InChI=1S/C15H23BrFN3/c1-3-11(2)19-6-8-20(9-7-19)13-5-4-12(10-18)14(16)15(13)17/h4-5,11H,3,6-10,18H2,1-2H3. The number of benzene rings is 1. The zero-order chi connectivity index (χ0) is 14.7. The van der Waals surface area contributed by atoms with Gasteiger partial charge >= 0.3 is 0 Å². The highest BCUT2D eigenvalue weighted by Gasteiger charge is 2.23. The Bertz CT molecular complexity index is 459. The molecule has 0 bridgehead atoms. The van der Waals surface area contributed by atoms with Crippen molar-refractivity contribution < 1.29 is 4.39 Å². The first-order chi connectivity index (χ1) is 9.58. The van der Waals surface area contributed by atoms with Crippen molar-refractivity contribution in [2.24, 2.45) is 5.73 Å². The van der Waals surface area contributed by atoms with Crippen LogP contribution in [0, 0.1) is 5.82 Å². The Hall–Kier alpha value is -0.650. The minimum atomic E-state index is -0.190. The molecule has 1 saturated heterocycles. The number of rotatable bonds is 4. The highest BCUT2D eigenvalue weighted by molar-refractivity contribution is 9.10. The van der Waals surface area contributed by atoms with E-state index in [0.717, 1.165) is 38.2 Å². The maximum atomic E-state index is 14.4. The molecule has 1 atom stereocenters. The molecule has 1 aromatic carbocycles. The van der Waals surface area contributed by atoms with Crippen molar-refractivity contribution >= 4 is 21.6 Å². The molecule has 0 aliphatic carbocycles. The third-order valence-corrected chi connectivity index (χ3v) is 5.09. The molecule has 2 rings (SSSR count). The van der Waals surface area contributed by atoms with Crippen LogP contribution in [-0.4, -0.2) is 37.1 Å². The first-order valence-corrected chi connectivity index (χ1v) is 8.03. The van der Waals surface area contributed by atoms with Crippen LogP contribution < -0.4 is 10.6 Å². The second-order valence-electron chi connectivity index (χ2n) is 5.36. The topological polar surface area (TPSA) is 32.5 Å². The molecule has 1 fully saturated rings. The monoisotopic (exact) mass is 343 g/mol. The molecular formula is C15H23BrFN3. The Morgan fingerprint density at radius 1 is 1.30 bits per heavy atom. The molecule has 2 N–H and O–H groups in total. The van der Waals surface area contributed by atoms with Crippen molar-refractivity contribution in [3.8, 4) is 0 Å². The van der Waals surface area contributed by atoms with Gasteiger partial charge in [-0.25, -0.2) is 4.39 Å². The molecule has 1 aliphatic heterocycles. The first-order valence-electron chi connectivity index (χ1n) is 7.24. The number of nitrogens with two attached hydrogens (primary N) is 1. The largest absolute Gasteiger partial charge is 0.367 e. The van der Waals surface area contributed by atoms with Gasteiger partial charge in [-0.2, -0.15) is 0 Å². The van der Waals surface area contributed by atoms with Gasteiger partial charge in [-0.15, -0.1) is 0 Å². The molecule has 1 aliphatic rings. The Morgan fingerprint density at radius 2 is 1.95 bits per heavy atom. The van der Waals surface area contributed by atoms with Gasteiger partial charge in [-0.05, 0) is 40.9 Å². The number of halogens is 2. The number of piperazine rings is 1. The van der Waals surface area contributed by atoms with Gasteiger partial charge in [-0.3, -0.25) is 4.90 Å². The second kappa shape index (κ2) is 6.87. The highest BCUT2D eigenvalue weighted by Crippen LogP contribution is 2.30. The number of hydrogen-bond donors (Lipinski definition) is 1. The van der Waals surface area contributed by atoms with Crippen molar-refractivity contribution in [1.29, 1.82) is 0 Å². The zero-order valence-electron chi connectivity index (χ0n) is 12.2. The number of hydrogen-bond acceptors (Lipinski definition) is 3. The summed E-state index contributed by atoms with van der Waals surface area (Å²) in [5.74, 6) is -0.190. The average Bonchev–Trinajstić information content (AvgIpc) is 2.49. The van der Waals surface area contributed by atoms with Crippen LogP contribution in [0.2, 0.25) is 0 Å². The summed E-state index contributed by atoms with van der Waals surface area (Å²) in [6.45, 7) is 8.53. The lowest BCUT2D eigenvalue weighted by atomic mass is 10.1. The maximum absolute atomic E-state index is 14.4. The summed E-state index contributed by atoms with van der Waals surface area (Å²) < 4.78 is 14.9. The minimum Gasteiger partial charge on any atom is -0.367 e. The lowest BCUT2D eigenvalue weighted by molar-refractivity contribution is 0.192. The highest BCUT2D eigenvalue weighted by atomic mass is 79.9. The van der Waals surface area contributed by atoms with E-state index in [-0.39, 0.29) is 5.82 Å². The van der Waals surface area contributed by atoms with E-state index in [1.807, 2.05) is 12.1 Å². The molecule has 1 aromatic rings. The molecule has 0 spiro atoms. The summed E-state index contributed by atoms with van der Waals surface area (Å²) in [4.78, 5) is 4.59. The smallest absolute Gasteiger partial charge is 0.160 e. The van der Waals surface area contributed by atoms with Crippen LogP contribution in [0.5, 0.6) is 0 Å². The summed E-state index contributed by atoms with van der Waals surface area (Å²) in [6, 6.07) is 4.36. The third-order valence-electron chi connectivity index (χ3n) is 4.23. The molecule has 0 amide bonds. The molecule has 1 unspecified atom stereocenters. The van der Waals surface area contributed by atoms with E-state index in [1.165, 1.54) is 0 Å². The Balaban J connectivity index is 2.09. The molecule has 112 valence electrons. The normalized spacial score (nSPS) is 18.4.